The maximum atomic E-state index is 10.1. The van der Waals surface area contributed by atoms with Crippen molar-refractivity contribution in [2.24, 2.45) is 11.8 Å². The highest BCUT2D eigenvalue weighted by Crippen LogP contribution is 2.26. The molecule has 0 aliphatic heterocycles. The van der Waals surface area contributed by atoms with Crippen LogP contribution in [0.4, 0.5) is 11.6 Å². The molecule has 1 aromatic heterocycles. The summed E-state index contributed by atoms with van der Waals surface area (Å²) in [5.74, 6) is 8.12. The smallest absolute Gasteiger partial charge is 0.148 e. The average Bonchev–Trinajstić information content (AvgIpc) is 2.49. The van der Waals surface area contributed by atoms with Gasteiger partial charge in [0.2, 0.25) is 0 Å². The van der Waals surface area contributed by atoms with Crippen molar-refractivity contribution in [3.63, 3.8) is 0 Å². The molecule has 118 valence electrons. The van der Waals surface area contributed by atoms with Crippen molar-refractivity contribution in [2.45, 2.75) is 58.5 Å². The van der Waals surface area contributed by atoms with Crippen molar-refractivity contribution in [1.29, 1.82) is 0 Å². The van der Waals surface area contributed by atoms with Gasteiger partial charge in [-0.15, -0.1) is 0 Å². The number of anilines is 2. The summed E-state index contributed by atoms with van der Waals surface area (Å²) in [6, 6.07) is 0. The van der Waals surface area contributed by atoms with E-state index in [1.54, 1.807) is 0 Å². The van der Waals surface area contributed by atoms with Gasteiger partial charge in [-0.05, 0) is 26.2 Å². The first-order valence-corrected chi connectivity index (χ1v) is 7.91. The van der Waals surface area contributed by atoms with Crippen LogP contribution in [0.5, 0.6) is 0 Å². The van der Waals surface area contributed by atoms with Gasteiger partial charge in [-0.3, -0.25) is 0 Å². The summed E-state index contributed by atoms with van der Waals surface area (Å²) in [4.78, 5) is 8.99. The Morgan fingerprint density at radius 3 is 2.62 bits per heavy atom. The van der Waals surface area contributed by atoms with Gasteiger partial charge in [0.05, 0.1) is 6.10 Å². The third kappa shape index (κ3) is 4.04. The van der Waals surface area contributed by atoms with E-state index < -0.39 is 0 Å². The fraction of sp³-hybridized carbons (Fsp3) is 0.733. The Balaban J connectivity index is 2.08. The molecule has 6 heteroatoms. The highest BCUT2D eigenvalue weighted by Gasteiger charge is 2.23. The van der Waals surface area contributed by atoms with Crippen LogP contribution in [0.3, 0.4) is 0 Å². The van der Waals surface area contributed by atoms with E-state index in [-0.39, 0.29) is 6.10 Å². The van der Waals surface area contributed by atoms with Gasteiger partial charge in [-0.25, -0.2) is 15.8 Å². The highest BCUT2D eigenvalue weighted by molar-refractivity contribution is 5.56. The van der Waals surface area contributed by atoms with E-state index in [2.05, 4.69) is 27.6 Å². The van der Waals surface area contributed by atoms with Crippen molar-refractivity contribution >= 4 is 11.6 Å². The fourth-order valence-corrected chi connectivity index (χ4v) is 2.86. The zero-order valence-electron chi connectivity index (χ0n) is 13.0. The van der Waals surface area contributed by atoms with E-state index in [4.69, 9.17) is 5.84 Å². The number of hydrazine groups is 1. The zero-order chi connectivity index (χ0) is 15.2. The summed E-state index contributed by atoms with van der Waals surface area (Å²) in [6.07, 6.45) is 5.93. The van der Waals surface area contributed by atoms with E-state index in [1.165, 1.54) is 6.42 Å². The SMILES string of the molecule is CCCc1nc(NN)c(C)c(NCC2CCCCC2O)n1. The van der Waals surface area contributed by atoms with Crippen LogP contribution in [-0.4, -0.2) is 27.7 Å². The lowest BCUT2D eigenvalue weighted by Crippen LogP contribution is -2.30. The minimum Gasteiger partial charge on any atom is -0.393 e. The number of nitrogens with two attached hydrogens (primary N) is 1. The van der Waals surface area contributed by atoms with Crippen molar-refractivity contribution in [3.8, 4) is 0 Å². The van der Waals surface area contributed by atoms with Crippen molar-refractivity contribution in [3.05, 3.63) is 11.4 Å². The Morgan fingerprint density at radius 2 is 1.95 bits per heavy atom. The lowest BCUT2D eigenvalue weighted by atomic mass is 9.86. The summed E-state index contributed by atoms with van der Waals surface area (Å²) in [7, 11) is 0. The first-order valence-electron chi connectivity index (χ1n) is 7.91. The Hall–Kier alpha value is -1.40. The van der Waals surface area contributed by atoms with Crippen LogP contribution >= 0.6 is 0 Å². The first-order chi connectivity index (χ1) is 10.2. The van der Waals surface area contributed by atoms with Gasteiger partial charge in [0.25, 0.3) is 0 Å². The second-order valence-corrected chi connectivity index (χ2v) is 5.85. The van der Waals surface area contributed by atoms with Crippen LogP contribution in [0.2, 0.25) is 0 Å². The zero-order valence-corrected chi connectivity index (χ0v) is 13.0. The Bertz CT molecular complexity index is 466. The van der Waals surface area contributed by atoms with Crippen molar-refractivity contribution in [2.75, 3.05) is 17.3 Å². The van der Waals surface area contributed by atoms with E-state index in [0.717, 1.165) is 55.9 Å². The second-order valence-electron chi connectivity index (χ2n) is 5.85. The number of aromatic nitrogens is 2. The monoisotopic (exact) mass is 293 g/mol. The standard InChI is InChI=1S/C15H27N5O/c1-3-6-13-18-14(10(2)15(19-13)20-16)17-9-11-7-4-5-8-12(11)21/h11-12,21H,3-9,16H2,1-2H3,(H2,17,18,19,20). The summed E-state index contributed by atoms with van der Waals surface area (Å²) in [5, 5.41) is 13.4. The van der Waals surface area contributed by atoms with Gasteiger partial charge in [-0.2, -0.15) is 0 Å². The summed E-state index contributed by atoms with van der Waals surface area (Å²) in [5.41, 5.74) is 3.56. The number of aliphatic hydroxyl groups excluding tert-OH is 1. The van der Waals surface area contributed by atoms with Crippen molar-refractivity contribution in [1.82, 2.24) is 9.97 Å². The predicted octanol–water partition coefficient (Wildman–Crippen LogP) is 1.99. The summed E-state index contributed by atoms with van der Waals surface area (Å²) >= 11 is 0. The summed E-state index contributed by atoms with van der Waals surface area (Å²) in [6.45, 7) is 4.80. The van der Waals surface area contributed by atoms with Gasteiger partial charge in [0, 0.05) is 24.4 Å². The molecule has 1 heterocycles. The molecule has 1 fully saturated rings. The van der Waals surface area contributed by atoms with Gasteiger partial charge in [0.1, 0.15) is 17.5 Å². The number of aliphatic hydroxyl groups is 1. The molecule has 21 heavy (non-hydrogen) atoms. The van der Waals surface area contributed by atoms with Gasteiger partial charge < -0.3 is 15.8 Å². The third-order valence-electron chi connectivity index (χ3n) is 4.20. The van der Waals surface area contributed by atoms with E-state index in [9.17, 15) is 5.11 Å². The Morgan fingerprint density at radius 1 is 1.24 bits per heavy atom. The molecule has 1 aliphatic carbocycles. The minimum atomic E-state index is -0.199. The molecule has 5 N–H and O–H groups in total. The van der Waals surface area contributed by atoms with Crippen LogP contribution < -0.4 is 16.6 Å². The number of nitrogens with one attached hydrogen (secondary N) is 2. The molecule has 0 spiro atoms. The minimum absolute atomic E-state index is 0.199. The van der Waals surface area contributed by atoms with Crippen LogP contribution in [0.25, 0.3) is 0 Å². The normalized spacial score (nSPS) is 22.1. The molecule has 6 nitrogen and oxygen atoms in total. The molecule has 0 bridgehead atoms. The number of hydrogen-bond donors (Lipinski definition) is 4. The van der Waals surface area contributed by atoms with Crippen molar-refractivity contribution < 1.29 is 5.11 Å². The van der Waals surface area contributed by atoms with Crippen LogP contribution in [0.1, 0.15) is 50.4 Å². The van der Waals surface area contributed by atoms with E-state index in [0.29, 0.717) is 11.7 Å². The number of aryl methyl sites for hydroxylation is 1. The number of rotatable bonds is 6. The van der Waals surface area contributed by atoms with Gasteiger partial charge in [0.15, 0.2) is 0 Å². The number of hydrogen-bond acceptors (Lipinski definition) is 6. The lowest BCUT2D eigenvalue weighted by molar-refractivity contribution is 0.0763. The van der Waals surface area contributed by atoms with Crippen LogP contribution in [0, 0.1) is 12.8 Å². The molecule has 2 unspecified atom stereocenters. The molecule has 1 saturated carbocycles. The number of nitrogen functional groups attached to an aromatic ring is 1. The van der Waals surface area contributed by atoms with Crippen LogP contribution in [0.15, 0.2) is 0 Å². The Kier molecular flexibility index (Phi) is 5.76. The average molecular weight is 293 g/mol. The third-order valence-corrected chi connectivity index (χ3v) is 4.20. The van der Waals surface area contributed by atoms with Crippen LogP contribution in [-0.2, 0) is 6.42 Å². The quantitative estimate of drug-likeness (QED) is 0.473. The molecule has 1 aromatic rings. The maximum Gasteiger partial charge on any atom is 0.148 e. The molecular weight excluding hydrogens is 266 g/mol. The Labute approximate surface area is 126 Å². The largest absolute Gasteiger partial charge is 0.393 e. The molecule has 0 aromatic carbocycles. The fourth-order valence-electron chi connectivity index (χ4n) is 2.86. The molecule has 2 atom stereocenters. The molecule has 1 aliphatic rings. The molecule has 2 rings (SSSR count). The second kappa shape index (κ2) is 7.56. The highest BCUT2D eigenvalue weighted by atomic mass is 16.3. The maximum absolute atomic E-state index is 10.1. The topological polar surface area (TPSA) is 96.1 Å². The molecule has 0 radical (unpaired) electrons. The van der Waals surface area contributed by atoms with E-state index in [1.807, 2.05) is 6.92 Å². The van der Waals surface area contributed by atoms with E-state index >= 15 is 0 Å². The number of nitrogens with zero attached hydrogens (tertiary/aromatic N) is 2. The lowest BCUT2D eigenvalue weighted by Gasteiger charge is -2.28. The predicted molar refractivity (Wildman–Crippen MR) is 85.0 cm³/mol. The first kappa shape index (κ1) is 16.0. The molecular formula is C15H27N5O. The molecule has 0 saturated heterocycles. The summed E-state index contributed by atoms with van der Waals surface area (Å²) < 4.78 is 0. The van der Waals surface area contributed by atoms with Gasteiger partial charge >= 0.3 is 0 Å². The molecule has 0 amide bonds. The van der Waals surface area contributed by atoms with Gasteiger partial charge in [-0.1, -0.05) is 19.8 Å².